The van der Waals surface area contributed by atoms with E-state index in [1.807, 2.05) is 12.1 Å². The minimum absolute atomic E-state index is 0.200. The lowest BCUT2D eigenvalue weighted by Crippen LogP contribution is -2.47. The van der Waals surface area contributed by atoms with Crippen molar-refractivity contribution in [1.82, 2.24) is 4.90 Å². The Morgan fingerprint density at radius 1 is 0.800 bits per heavy atom. The molecular weight excluding hydrogens is 380 g/mol. The van der Waals surface area contributed by atoms with Crippen LogP contribution in [-0.4, -0.2) is 49.6 Å². The Morgan fingerprint density at radius 2 is 1.40 bits per heavy atom. The first-order valence-electron chi connectivity index (χ1n) is 10.6. The number of rotatable bonds is 4. The van der Waals surface area contributed by atoms with Crippen molar-refractivity contribution < 1.29 is 19.1 Å². The average molecular weight is 406 g/mol. The molecule has 0 radical (unpaired) electrons. The number of carbonyl (C=O) groups is 2. The molecule has 6 nitrogen and oxygen atoms in total. The van der Waals surface area contributed by atoms with Gasteiger partial charge in [-0.05, 0) is 55.2 Å². The Morgan fingerprint density at radius 3 is 2.07 bits per heavy atom. The summed E-state index contributed by atoms with van der Waals surface area (Å²) in [6.07, 6.45) is 0.977. The smallest absolute Gasteiger partial charge is 0.338 e. The molecule has 0 N–H and O–H groups in total. The lowest BCUT2D eigenvalue weighted by Gasteiger charge is -2.37. The van der Waals surface area contributed by atoms with Gasteiger partial charge in [0.2, 0.25) is 0 Å². The number of esters is 2. The summed E-state index contributed by atoms with van der Waals surface area (Å²) in [7, 11) is 0. The third-order valence-corrected chi connectivity index (χ3v) is 6.83. The van der Waals surface area contributed by atoms with Crippen molar-refractivity contribution in [2.24, 2.45) is 0 Å². The van der Waals surface area contributed by atoms with Crippen molar-refractivity contribution in [2.45, 2.75) is 33.5 Å². The van der Waals surface area contributed by atoms with Gasteiger partial charge >= 0.3 is 11.9 Å². The number of piperazine rings is 1. The normalized spacial score (nSPS) is 18.3. The SMILES string of the molecule is Cc1c(CCN2CCN(c3ccc4c(c3C)COC4=O)CC2)ccc2c1COC2=O. The monoisotopic (exact) mass is 406 g/mol. The van der Waals surface area contributed by atoms with Crippen LogP contribution in [0, 0.1) is 13.8 Å². The first-order valence-corrected chi connectivity index (χ1v) is 10.6. The third-order valence-electron chi connectivity index (χ3n) is 6.83. The molecular formula is C24H26N2O4. The van der Waals surface area contributed by atoms with E-state index in [0.29, 0.717) is 18.8 Å². The molecule has 0 atom stereocenters. The fourth-order valence-corrected chi connectivity index (χ4v) is 4.84. The summed E-state index contributed by atoms with van der Waals surface area (Å²) < 4.78 is 10.4. The molecule has 0 aromatic heterocycles. The molecule has 3 aliphatic rings. The largest absolute Gasteiger partial charge is 0.457 e. The topological polar surface area (TPSA) is 59.1 Å². The number of carbonyl (C=O) groups excluding carboxylic acids is 2. The van der Waals surface area contributed by atoms with Gasteiger partial charge in [0, 0.05) is 49.5 Å². The van der Waals surface area contributed by atoms with Crippen LogP contribution in [0.5, 0.6) is 0 Å². The van der Waals surface area contributed by atoms with E-state index in [2.05, 4.69) is 35.8 Å². The van der Waals surface area contributed by atoms with Crippen LogP contribution in [-0.2, 0) is 29.1 Å². The van der Waals surface area contributed by atoms with Crippen LogP contribution >= 0.6 is 0 Å². The maximum Gasteiger partial charge on any atom is 0.338 e. The molecule has 0 saturated carbocycles. The molecule has 0 aliphatic carbocycles. The summed E-state index contributed by atoms with van der Waals surface area (Å²) in [6.45, 7) is 9.96. The Kier molecular flexibility index (Phi) is 4.74. The van der Waals surface area contributed by atoms with E-state index in [1.54, 1.807) is 0 Å². The Bertz CT molecular complexity index is 1040. The van der Waals surface area contributed by atoms with Crippen LogP contribution < -0.4 is 4.90 Å². The summed E-state index contributed by atoms with van der Waals surface area (Å²) in [4.78, 5) is 28.4. The van der Waals surface area contributed by atoms with Gasteiger partial charge in [-0.3, -0.25) is 4.90 Å². The van der Waals surface area contributed by atoms with Crippen LogP contribution in [0.15, 0.2) is 24.3 Å². The lowest BCUT2D eigenvalue weighted by atomic mass is 9.96. The molecule has 5 rings (SSSR count). The highest BCUT2D eigenvalue weighted by Crippen LogP contribution is 2.31. The second kappa shape index (κ2) is 7.43. The molecule has 3 heterocycles. The number of anilines is 1. The molecule has 2 aromatic rings. The summed E-state index contributed by atoms with van der Waals surface area (Å²) in [5, 5.41) is 0. The molecule has 3 aliphatic heterocycles. The minimum Gasteiger partial charge on any atom is -0.457 e. The van der Waals surface area contributed by atoms with Crippen LogP contribution in [0.3, 0.4) is 0 Å². The van der Waals surface area contributed by atoms with Crippen molar-refractivity contribution in [2.75, 3.05) is 37.6 Å². The highest BCUT2D eigenvalue weighted by Gasteiger charge is 2.27. The zero-order chi connectivity index (χ0) is 20.8. The number of ether oxygens (including phenoxy) is 2. The number of hydrogen-bond donors (Lipinski definition) is 0. The number of cyclic esters (lactones) is 2. The van der Waals surface area contributed by atoms with E-state index in [-0.39, 0.29) is 11.9 Å². The third kappa shape index (κ3) is 3.16. The quantitative estimate of drug-likeness (QED) is 0.728. The van der Waals surface area contributed by atoms with Gasteiger partial charge < -0.3 is 14.4 Å². The van der Waals surface area contributed by atoms with Crippen LogP contribution in [0.4, 0.5) is 5.69 Å². The van der Waals surface area contributed by atoms with E-state index in [4.69, 9.17) is 9.47 Å². The molecule has 1 fully saturated rings. The molecule has 6 heteroatoms. The predicted molar refractivity (Wildman–Crippen MR) is 113 cm³/mol. The standard InChI is InChI=1S/C24H26N2O4/c1-15-17(3-4-18-20(15)13-29-23(18)27)7-8-25-9-11-26(12-10-25)22-6-5-19-21(16(22)2)14-30-24(19)28/h3-6H,7-14H2,1-2H3. The Labute approximate surface area is 176 Å². The summed E-state index contributed by atoms with van der Waals surface area (Å²) in [5.41, 5.74) is 8.40. The van der Waals surface area contributed by atoms with Gasteiger partial charge in [0.25, 0.3) is 0 Å². The van der Waals surface area contributed by atoms with E-state index < -0.39 is 0 Å². The fraction of sp³-hybridized carbons (Fsp3) is 0.417. The zero-order valence-electron chi connectivity index (χ0n) is 17.5. The van der Waals surface area contributed by atoms with E-state index in [9.17, 15) is 9.59 Å². The average Bonchev–Trinajstić information content (AvgIpc) is 3.32. The molecule has 0 bridgehead atoms. The predicted octanol–water partition coefficient (Wildman–Crippen LogP) is 3.01. The van der Waals surface area contributed by atoms with Gasteiger partial charge in [0.15, 0.2) is 0 Å². The van der Waals surface area contributed by atoms with Gasteiger partial charge in [-0.2, -0.15) is 0 Å². The van der Waals surface area contributed by atoms with Gasteiger partial charge in [-0.25, -0.2) is 9.59 Å². The van der Waals surface area contributed by atoms with E-state index in [0.717, 1.165) is 61.4 Å². The number of nitrogens with zero attached hydrogens (tertiary/aromatic N) is 2. The first-order chi connectivity index (χ1) is 14.5. The molecule has 1 saturated heterocycles. The van der Waals surface area contributed by atoms with Crippen molar-refractivity contribution in [3.05, 3.63) is 63.2 Å². The Hall–Kier alpha value is -2.86. The Balaban J connectivity index is 1.21. The van der Waals surface area contributed by atoms with E-state index >= 15 is 0 Å². The maximum absolute atomic E-state index is 11.8. The van der Waals surface area contributed by atoms with Crippen molar-refractivity contribution in [1.29, 1.82) is 0 Å². The molecule has 156 valence electrons. The molecule has 0 spiro atoms. The van der Waals surface area contributed by atoms with Crippen LogP contribution in [0.1, 0.15) is 48.5 Å². The van der Waals surface area contributed by atoms with E-state index in [1.165, 1.54) is 16.8 Å². The minimum atomic E-state index is -0.206. The van der Waals surface area contributed by atoms with Crippen LogP contribution in [0.25, 0.3) is 0 Å². The van der Waals surface area contributed by atoms with Gasteiger partial charge in [-0.15, -0.1) is 0 Å². The zero-order valence-corrected chi connectivity index (χ0v) is 17.5. The maximum atomic E-state index is 11.8. The van der Waals surface area contributed by atoms with Crippen molar-refractivity contribution in [3.63, 3.8) is 0 Å². The second-order valence-electron chi connectivity index (χ2n) is 8.34. The lowest BCUT2D eigenvalue weighted by molar-refractivity contribution is 0.0526. The first kappa shape index (κ1) is 19.1. The number of hydrogen-bond acceptors (Lipinski definition) is 6. The highest BCUT2D eigenvalue weighted by molar-refractivity contribution is 5.95. The molecule has 2 aromatic carbocycles. The highest BCUT2D eigenvalue weighted by atomic mass is 16.5. The fourth-order valence-electron chi connectivity index (χ4n) is 4.84. The molecule has 30 heavy (non-hydrogen) atoms. The summed E-state index contributed by atoms with van der Waals surface area (Å²) in [5.74, 6) is -0.407. The molecule has 0 amide bonds. The molecule has 0 unspecified atom stereocenters. The van der Waals surface area contributed by atoms with Crippen molar-refractivity contribution >= 4 is 17.6 Å². The van der Waals surface area contributed by atoms with Gasteiger partial charge in [0.1, 0.15) is 13.2 Å². The van der Waals surface area contributed by atoms with Gasteiger partial charge in [-0.1, -0.05) is 6.07 Å². The van der Waals surface area contributed by atoms with Gasteiger partial charge in [0.05, 0.1) is 11.1 Å². The van der Waals surface area contributed by atoms with Crippen molar-refractivity contribution in [3.8, 4) is 0 Å². The number of fused-ring (bicyclic) bond motifs is 2. The summed E-state index contributed by atoms with van der Waals surface area (Å²) in [6, 6.07) is 7.96. The van der Waals surface area contributed by atoms with Crippen LogP contribution in [0.2, 0.25) is 0 Å². The second-order valence-corrected chi connectivity index (χ2v) is 8.34. The number of benzene rings is 2. The summed E-state index contributed by atoms with van der Waals surface area (Å²) >= 11 is 0.